The fraction of sp³-hybridized carbons (Fsp3) is 0.0833. The van der Waals surface area contributed by atoms with E-state index in [-0.39, 0.29) is 11.4 Å². The molecule has 1 unspecified atom stereocenters. The van der Waals surface area contributed by atoms with Gasteiger partial charge in [0.15, 0.2) is 5.78 Å². The summed E-state index contributed by atoms with van der Waals surface area (Å²) in [5, 5.41) is 19.5. The zero-order chi connectivity index (χ0) is 11.7. The van der Waals surface area contributed by atoms with Gasteiger partial charge in [-0.1, -0.05) is 6.08 Å². The van der Waals surface area contributed by atoms with Gasteiger partial charge in [0, 0.05) is 11.1 Å². The van der Waals surface area contributed by atoms with Gasteiger partial charge < -0.3 is 0 Å². The van der Waals surface area contributed by atoms with Crippen LogP contribution < -0.4 is 0 Å². The van der Waals surface area contributed by atoms with E-state index in [9.17, 15) is 4.79 Å². The van der Waals surface area contributed by atoms with E-state index in [0.29, 0.717) is 16.0 Å². The molecule has 4 heteroatoms. The Bertz CT molecular complexity index is 579. The molecule has 2 rings (SSSR count). The van der Waals surface area contributed by atoms with Gasteiger partial charge in [0.2, 0.25) is 0 Å². The Hall–Kier alpha value is -2.17. The molecule has 0 saturated heterocycles. The van der Waals surface area contributed by atoms with Crippen LogP contribution in [0.5, 0.6) is 0 Å². The summed E-state index contributed by atoms with van der Waals surface area (Å²) in [6, 6.07) is 5.43. The van der Waals surface area contributed by atoms with Crippen LogP contribution in [-0.2, 0) is 0 Å². The summed E-state index contributed by atoms with van der Waals surface area (Å²) in [6.07, 6.45) is 1.49. The first kappa shape index (κ1) is 10.4. The minimum absolute atomic E-state index is 0.00426. The van der Waals surface area contributed by atoms with E-state index in [2.05, 4.69) is 6.58 Å². The van der Waals surface area contributed by atoms with Crippen molar-refractivity contribution in [2.75, 3.05) is 0 Å². The zero-order valence-electron chi connectivity index (χ0n) is 8.23. The number of thiophene rings is 1. The van der Waals surface area contributed by atoms with Crippen LogP contribution in [0.15, 0.2) is 29.7 Å². The summed E-state index contributed by atoms with van der Waals surface area (Å²) in [5.41, 5.74) is 1.20. The smallest absolute Gasteiger partial charge is 0.184 e. The van der Waals surface area contributed by atoms with Crippen LogP contribution >= 0.6 is 11.3 Å². The SMILES string of the molecule is C=CC1C(=O)c2sccc2C1=C(C#N)C#N. The predicted octanol–water partition coefficient (Wildman–Crippen LogP) is 2.55. The van der Waals surface area contributed by atoms with Crippen molar-refractivity contribution in [2.45, 2.75) is 0 Å². The van der Waals surface area contributed by atoms with Crippen LogP contribution in [0.4, 0.5) is 0 Å². The summed E-state index contributed by atoms with van der Waals surface area (Å²) in [6.45, 7) is 3.59. The maximum Gasteiger partial charge on any atom is 0.184 e. The highest BCUT2D eigenvalue weighted by molar-refractivity contribution is 7.12. The summed E-state index contributed by atoms with van der Waals surface area (Å²) >= 11 is 1.33. The Balaban J connectivity index is 2.77. The van der Waals surface area contributed by atoms with Gasteiger partial charge in [0.25, 0.3) is 0 Å². The van der Waals surface area contributed by atoms with E-state index >= 15 is 0 Å². The number of nitriles is 2. The molecule has 0 bridgehead atoms. The van der Waals surface area contributed by atoms with E-state index in [1.807, 2.05) is 12.1 Å². The topological polar surface area (TPSA) is 64.7 Å². The summed E-state index contributed by atoms with van der Waals surface area (Å²) in [7, 11) is 0. The third kappa shape index (κ3) is 1.21. The van der Waals surface area contributed by atoms with Crippen LogP contribution in [0, 0.1) is 28.6 Å². The number of carbonyl (C=O) groups is 1. The second-order valence-corrected chi connectivity index (χ2v) is 4.17. The molecule has 1 aromatic heterocycles. The van der Waals surface area contributed by atoms with Crippen molar-refractivity contribution >= 4 is 22.7 Å². The molecule has 0 aliphatic heterocycles. The number of rotatable bonds is 1. The average Bonchev–Trinajstić information content (AvgIpc) is 2.85. The van der Waals surface area contributed by atoms with E-state index in [1.54, 1.807) is 11.4 Å². The average molecular weight is 226 g/mol. The molecule has 1 heterocycles. The van der Waals surface area contributed by atoms with Gasteiger partial charge in [-0.05, 0) is 11.4 Å². The molecule has 0 spiro atoms. The first-order valence-corrected chi connectivity index (χ1v) is 5.41. The van der Waals surface area contributed by atoms with E-state index < -0.39 is 5.92 Å². The standard InChI is InChI=1S/C12H6N2OS/c1-2-8-10(7(5-13)6-14)9-3-4-16-12(9)11(8)15/h2-4,8H,1H2. The van der Waals surface area contributed by atoms with E-state index in [0.717, 1.165) is 0 Å². The lowest BCUT2D eigenvalue weighted by Crippen LogP contribution is -2.05. The van der Waals surface area contributed by atoms with E-state index in [1.165, 1.54) is 17.4 Å². The molecule has 3 nitrogen and oxygen atoms in total. The lowest BCUT2D eigenvalue weighted by atomic mass is 9.95. The van der Waals surface area contributed by atoms with Crippen LogP contribution in [0.1, 0.15) is 15.2 Å². The molecule has 0 fully saturated rings. The van der Waals surface area contributed by atoms with Gasteiger partial charge in [-0.25, -0.2) is 0 Å². The van der Waals surface area contributed by atoms with Crippen LogP contribution in [-0.4, -0.2) is 5.78 Å². The van der Waals surface area contributed by atoms with Gasteiger partial charge in [-0.3, -0.25) is 4.79 Å². The molecule has 76 valence electrons. The van der Waals surface area contributed by atoms with Gasteiger partial charge in [-0.15, -0.1) is 17.9 Å². The van der Waals surface area contributed by atoms with Crippen molar-refractivity contribution in [3.8, 4) is 12.1 Å². The van der Waals surface area contributed by atoms with Crippen molar-refractivity contribution < 1.29 is 4.79 Å². The quantitative estimate of drug-likeness (QED) is 0.546. The number of hydrogen-bond donors (Lipinski definition) is 0. The number of carbonyl (C=O) groups excluding carboxylic acids is 1. The van der Waals surface area contributed by atoms with E-state index in [4.69, 9.17) is 10.5 Å². The van der Waals surface area contributed by atoms with Crippen molar-refractivity contribution in [1.82, 2.24) is 0 Å². The number of allylic oxidation sites excluding steroid dienone is 3. The molecule has 0 saturated carbocycles. The van der Waals surface area contributed by atoms with Crippen molar-refractivity contribution in [3.05, 3.63) is 40.1 Å². The maximum absolute atomic E-state index is 11.9. The molecule has 0 aromatic carbocycles. The molecule has 1 aromatic rings. The second kappa shape index (κ2) is 3.77. The molecule has 0 radical (unpaired) electrons. The lowest BCUT2D eigenvalue weighted by molar-refractivity contribution is 0.0980. The minimum Gasteiger partial charge on any atom is -0.292 e. The predicted molar refractivity (Wildman–Crippen MR) is 60.5 cm³/mol. The van der Waals surface area contributed by atoms with Crippen LogP contribution in [0.25, 0.3) is 5.57 Å². The van der Waals surface area contributed by atoms with Crippen molar-refractivity contribution in [2.24, 2.45) is 5.92 Å². The molecule has 0 N–H and O–H groups in total. The summed E-state index contributed by atoms with van der Waals surface area (Å²) in [4.78, 5) is 12.5. The van der Waals surface area contributed by atoms with Gasteiger partial charge in [-0.2, -0.15) is 10.5 Å². The van der Waals surface area contributed by atoms with Crippen molar-refractivity contribution in [1.29, 1.82) is 10.5 Å². The molecule has 1 atom stereocenters. The zero-order valence-corrected chi connectivity index (χ0v) is 9.04. The van der Waals surface area contributed by atoms with Gasteiger partial charge in [0.1, 0.15) is 17.7 Å². The second-order valence-electron chi connectivity index (χ2n) is 3.25. The molecule has 16 heavy (non-hydrogen) atoms. The Kier molecular flexibility index (Phi) is 2.44. The molecule has 1 aliphatic rings. The highest BCUT2D eigenvalue weighted by atomic mass is 32.1. The molecule has 1 aliphatic carbocycles. The summed E-state index contributed by atoms with van der Waals surface area (Å²) < 4.78 is 0. The number of nitrogens with zero attached hydrogens (tertiary/aromatic N) is 2. The maximum atomic E-state index is 11.9. The largest absolute Gasteiger partial charge is 0.292 e. The monoisotopic (exact) mass is 226 g/mol. The normalized spacial score (nSPS) is 17.5. The van der Waals surface area contributed by atoms with Crippen LogP contribution in [0.3, 0.4) is 0 Å². The first-order valence-electron chi connectivity index (χ1n) is 4.53. The third-order valence-electron chi connectivity index (χ3n) is 2.50. The highest BCUT2D eigenvalue weighted by Crippen LogP contribution is 2.42. The lowest BCUT2D eigenvalue weighted by Gasteiger charge is -2.04. The Labute approximate surface area is 96.6 Å². The molecular weight excluding hydrogens is 220 g/mol. The molecular formula is C12H6N2OS. The number of ketones is 1. The number of hydrogen-bond acceptors (Lipinski definition) is 4. The van der Waals surface area contributed by atoms with Crippen LogP contribution in [0.2, 0.25) is 0 Å². The highest BCUT2D eigenvalue weighted by Gasteiger charge is 2.36. The fourth-order valence-electron chi connectivity index (χ4n) is 1.81. The van der Waals surface area contributed by atoms with Crippen molar-refractivity contribution in [3.63, 3.8) is 0 Å². The Morgan fingerprint density at radius 3 is 2.75 bits per heavy atom. The van der Waals surface area contributed by atoms with Gasteiger partial charge in [0.05, 0.1) is 10.8 Å². The molecule has 0 amide bonds. The first-order chi connectivity index (χ1) is 7.74. The van der Waals surface area contributed by atoms with Gasteiger partial charge >= 0.3 is 0 Å². The number of fused-ring (bicyclic) bond motifs is 1. The third-order valence-corrected chi connectivity index (χ3v) is 3.43. The number of Topliss-reactive ketones (excluding diaryl/α,β-unsaturated/α-hetero) is 1. The Morgan fingerprint density at radius 1 is 1.50 bits per heavy atom. The fourth-order valence-corrected chi connectivity index (χ4v) is 2.70. The Morgan fingerprint density at radius 2 is 2.19 bits per heavy atom. The summed E-state index contributed by atoms with van der Waals surface area (Å²) in [5.74, 6) is -0.616. The minimum atomic E-state index is -0.545.